The topological polar surface area (TPSA) is 83.1 Å². The van der Waals surface area contributed by atoms with E-state index in [0.29, 0.717) is 34.9 Å². The van der Waals surface area contributed by atoms with E-state index in [9.17, 15) is 9.18 Å². The fourth-order valence-electron chi connectivity index (χ4n) is 2.38. The van der Waals surface area contributed by atoms with Gasteiger partial charge in [0.2, 0.25) is 0 Å². The number of halogens is 1. The number of amides is 1. The van der Waals surface area contributed by atoms with Crippen LogP contribution in [0.4, 0.5) is 4.39 Å². The standard InChI is InChI=1S/C20H24FN5O.C2H2/c1-12(2)19-9-18(24-15(5)26(19)25-14(4)10-22)20(27)23-11-16-6-7-17(21)13(3)8-16;1-2/h6-9H,1,5,10-11,22H2,2-4H3,(H,23,27);1-2H/b25-14+;. The van der Waals surface area contributed by atoms with Crippen molar-refractivity contribution in [3.05, 3.63) is 71.5 Å². The van der Waals surface area contributed by atoms with Gasteiger partial charge in [-0.1, -0.05) is 25.3 Å². The highest BCUT2D eigenvalue weighted by Gasteiger charge is 2.23. The quantitative estimate of drug-likeness (QED) is 0.574. The molecule has 29 heavy (non-hydrogen) atoms. The number of rotatable bonds is 6. The lowest BCUT2D eigenvalue weighted by Gasteiger charge is -2.26. The molecule has 0 saturated carbocycles. The molecule has 0 fully saturated rings. The van der Waals surface area contributed by atoms with E-state index in [0.717, 1.165) is 5.56 Å². The van der Waals surface area contributed by atoms with E-state index in [2.05, 4.69) is 41.4 Å². The van der Waals surface area contributed by atoms with Gasteiger partial charge in [-0.15, -0.1) is 12.8 Å². The molecule has 0 atom stereocenters. The third-order valence-corrected chi connectivity index (χ3v) is 3.91. The monoisotopic (exact) mass is 395 g/mol. The molecule has 1 heterocycles. The molecular weight excluding hydrogens is 369 g/mol. The second-order valence-electron chi connectivity index (χ2n) is 6.34. The molecule has 152 valence electrons. The summed E-state index contributed by atoms with van der Waals surface area (Å²) in [6.07, 6.45) is 9.61. The summed E-state index contributed by atoms with van der Waals surface area (Å²) in [5, 5.41) is 8.66. The van der Waals surface area contributed by atoms with Crippen molar-refractivity contribution < 1.29 is 9.18 Å². The largest absolute Gasteiger partial charge is 0.347 e. The minimum atomic E-state index is -0.365. The number of terminal acetylenes is 1. The number of carbonyl (C=O) groups is 1. The molecule has 6 nitrogen and oxygen atoms in total. The number of hydrazone groups is 1. The fourth-order valence-corrected chi connectivity index (χ4v) is 2.38. The van der Waals surface area contributed by atoms with Crippen molar-refractivity contribution in [2.45, 2.75) is 27.3 Å². The van der Waals surface area contributed by atoms with Crippen LogP contribution in [0.1, 0.15) is 25.0 Å². The van der Waals surface area contributed by atoms with Gasteiger partial charge in [-0.05, 0) is 49.6 Å². The van der Waals surface area contributed by atoms with Crippen LogP contribution in [0.2, 0.25) is 0 Å². The zero-order chi connectivity index (χ0) is 22.1. The molecule has 0 aromatic heterocycles. The van der Waals surface area contributed by atoms with Crippen LogP contribution in [-0.4, -0.2) is 28.9 Å². The van der Waals surface area contributed by atoms with Crippen LogP contribution >= 0.6 is 0 Å². The second kappa shape index (κ2) is 10.7. The van der Waals surface area contributed by atoms with E-state index in [1.165, 1.54) is 11.1 Å². The Kier molecular flexibility index (Phi) is 8.71. The molecule has 1 aliphatic rings. The Morgan fingerprint density at radius 2 is 2.03 bits per heavy atom. The van der Waals surface area contributed by atoms with Crippen LogP contribution in [0, 0.1) is 25.6 Å². The minimum absolute atomic E-state index is 0.202. The van der Waals surface area contributed by atoms with Crippen molar-refractivity contribution in [2.24, 2.45) is 15.8 Å². The molecule has 1 aromatic carbocycles. The van der Waals surface area contributed by atoms with Gasteiger partial charge in [0, 0.05) is 18.8 Å². The first-order chi connectivity index (χ1) is 13.7. The lowest BCUT2D eigenvalue weighted by molar-refractivity contribution is -0.114. The zero-order valence-electron chi connectivity index (χ0n) is 17.0. The summed E-state index contributed by atoms with van der Waals surface area (Å²) >= 11 is 0. The Bertz CT molecular complexity index is 924. The van der Waals surface area contributed by atoms with Gasteiger partial charge in [0.1, 0.15) is 17.3 Å². The van der Waals surface area contributed by atoms with E-state index < -0.39 is 0 Å². The lowest BCUT2D eigenvalue weighted by atomic mass is 10.1. The Hall–Kier alpha value is -3.50. The van der Waals surface area contributed by atoms with Crippen LogP contribution in [0.15, 0.2) is 64.6 Å². The summed E-state index contributed by atoms with van der Waals surface area (Å²) < 4.78 is 13.3. The number of nitrogens with zero attached hydrogens (tertiary/aromatic N) is 3. The summed E-state index contributed by atoms with van der Waals surface area (Å²) in [6, 6.07) is 4.70. The molecule has 0 unspecified atom stereocenters. The van der Waals surface area contributed by atoms with Crippen molar-refractivity contribution in [3.63, 3.8) is 0 Å². The van der Waals surface area contributed by atoms with Crippen molar-refractivity contribution in [2.75, 3.05) is 6.54 Å². The maximum absolute atomic E-state index is 13.3. The van der Waals surface area contributed by atoms with Crippen molar-refractivity contribution in [3.8, 4) is 12.8 Å². The van der Waals surface area contributed by atoms with Crippen LogP contribution in [0.5, 0.6) is 0 Å². The second-order valence-corrected chi connectivity index (χ2v) is 6.34. The first-order valence-corrected chi connectivity index (χ1v) is 8.79. The van der Waals surface area contributed by atoms with Gasteiger partial charge in [-0.3, -0.25) is 4.79 Å². The number of allylic oxidation sites excluding steroid dienone is 1. The number of aliphatic imine (C=N–C) groups is 1. The van der Waals surface area contributed by atoms with Gasteiger partial charge < -0.3 is 11.1 Å². The first kappa shape index (κ1) is 23.5. The van der Waals surface area contributed by atoms with Crippen LogP contribution in [0.3, 0.4) is 0 Å². The average Bonchev–Trinajstić information content (AvgIpc) is 2.71. The highest BCUT2D eigenvalue weighted by atomic mass is 19.1. The predicted octanol–water partition coefficient (Wildman–Crippen LogP) is 3.02. The molecule has 0 saturated heterocycles. The molecule has 2 rings (SSSR count). The van der Waals surface area contributed by atoms with Gasteiger partial charge in [-0.25, -0.2) is 14.4 Å². The van der Waals surface area contributed by atoms with Gasteiger partial charge in [0.05, 0.1) is 5.70 Å². The maximum Gasteiger partial charge on any atom is 0.270 e. The predicted molar refractivity (Wildman–Crippen MR) is 116 cm³/mol. The zero-order valence-corrected chi connectivity index (χ0v) is 17.0. The third kappa shape index (κ3) is 6.26. The van der Waals surface area contributed by atoms with E-state index in [4.69, 9.17) is 5.73 Å². The number of hydrogen-bond acceptors (Lipinski definition) is 5. The average molecular weight is 395 g/mol. The number of benzene rings is 1. The van der Waals surface area contributed by atoms with E-state index >= 15 is 0 Å². The van der Waals surface area contributed by atoms with Gasteiger partial charge in [0.15, 0.2) is 0 Å². The molecule has 1 aliphatic heterocycles. The smallest absolute Gasteiger partial charge is 0.270 e. The Morgan fingerprint density at radius 3 is 2.59 bits per heavy atom. The lowest BCUT2D eigenvalue weighted by Crippen LogP contribution is -2.33. The highest BCUT2D eigenvalue weighted by Crippen LogP contribution is 2.24. The Labute approximate surface area is 171 Å². The normalized spacial score (nSPS) is 13.7. The molecule has 0 bridgehead atoms. The summed E-state index contributed by atoms with van der Waals surface area (Å²) in [6.45, 7) is 13.6. The van der Waals surface area contributed by atoms with Crippen molar-refractivity contribution in [1.29, 1.82) is 0 Å². The number of aryl methyl sites for hydroxylation is 1. The number of nitrogens with one attached hydrogen (secondary N) is 1. The molecule has 0 spiro atoms. The summed E-state index contributed by atoms with van der Waals surface area (Å²) in [5.41, 5.74) is 9.14. The van der Waals surface area contributed by atoms with Crippen LogP contribution < -0.4 is 11.1 Å². The highest BCUT2D eigenvalue weighted by molar-refractivity contribution is 6.44. The van der Waals surface area contributed by atoms with Crippen molar-refractivity contribution in [1.82, 2.24) is 10.3 Å². The van der Waals surface area contributed by atoms with Gasteiger partial charge in [-0.2, -0.15) is 5.10 Å². The molecule has 1 amide bonds. The molecule has 1 aromatic rings. The van der Waals surface area contributed by atoms with Gasteiger partial charge in [0.25, 0.3) is 5.91 Å². The van der Waals surface area contributed by atoms with Crippen LogP contribution in [-0.2, 0) is 11.3 Å². The van der Waals surface area contributed by atoms with Gasteiger partial charge >= 0.3 is 0 Å². The molecule has 3 N–H and O–H groups in total. The first-order valence-electron chi connectivity index (χ1n) is 8.79. The maximum atomic E-state index is 13.3. The number of hydrogen-bond donors (Lipinski definition) is 2. The Balaban J connectivity index is 0.00000204. The van der Waals surface area contributed by atoms with E-state index in [1.54, 1.807) is 32.1 Å². The molecule has 0 aliphatic carbocycles. The van der Waals surface area contributed by atoms with E-state index in [-0.39, 0.29) is 24.0 Å². The van der Waals surface area contributed by atoms with Crippen molar-refractivity contribution >= 4 is 17.3 Å². The minimum Gasteiger partial charge on any atom is -0.347 e. The fraction of sp³-hybridized carbons (Fsp3) is 0.227. The molecule has 0 radical (unpaired) electrons. The number of carbonyl (C=O) groups excluding carboxylic acids is 1. The SMILES string of the molecule is C#C.C=C(C)C1=CC(C(=O)NCc2ccc(F)c(C)c2)=NC(=C)N1/N=C(\C)CN. The third-order valence-electron chi connectivity index (χ3n) is 3.91. The molecule has 7 heteroatoms. The molecular formula is C22H26FN5O. The van der Waals surface area contributed by atoms with Crippen LogP contribution in [0.25, 0.3) is 0 Å². The van der Waals surface area contributed by atoms with E-state index in [1.807, 2.05) is 6.92 Å². The summed E-state index contributed by atoms with van der Waals surface area (Å²) in [5.74, 6) is -0.345. The summed E-state index contributed by atoms with van der Waals surface area (Å²) in [4.78, 5) is 16.8. The summed E-state index contributed by atoms with van der Waals surface area (Å²) in [7, 11) is 0. The number of nitrogens with two attached hydrogens (primary N) is 1. The Morgan fingerprint density at radius 1 is 1.38 bits per heavy atom.